The zero-order valence-corrected chi connectivity index (χ0v) is 21.8. The van der Waals surface area contributed by atoms with E-state index in [1.165, 1.54) is 38.3 Å². The van der Waals surface area contributed by atoms with Crippen LogP contribution in [-0.2, 0) is 0 Å². The molecule has 2 saturated heterocycles. The number of halogens is 1. The Morgan fingerprint density at radius 1 is 1.00 bits per heavy atom. The zero-order valence-electron chi connectivity index (χ0n) is 21.8. The van der Waals surface area contributed by atoms with Crippen LogP contribution in [-0.4, -0.2) is 35.2 Å². The summed E-state index contributed by atoms with van der Waals surface area (Å²) >= 11 is 0. The molecule has 2 unspecified atom stereocenters. The van der Waals surface area contributed by atoms with E-state index in [0.29, 0.717) is 29.5 Å². The second-order valence-corrected chi connectivity index (χ2v) is 11.2. The maximum absolute atomic E-state index is 15.4. The van der Waals surface area contributed by atoms with Gasteiger partial charge in [0.05, 0.1) is 17.2 Å². The predicted molar refractivity (Wildman–Crippen MR) is 147 cm³/mol. The summed E-state index contributed by atoms with van der Waals surface area (Å²) in [5, 5.41) is 19.8. The molecule has 1 aliphatic carbocycles. The molecule has 0 amide bonds. The van der Waals surface area contributed by atoms with Crippen molar-refractivity contribution >= 4 is 11.1 Å². The molecule has 6 heteroatoms. The second-order valence-electron chi connectivity index (χ2n) is 11.2. The topological polar surface area (TPSA) is 65.7 Å². The molecule has 3 fully saturated rings. The van der Waals surface area contributed by atoms with Crippen LogP contribution in [0, 0.1) is 23.1 Å². The summed E-state index contributed by atoms with van der Waals surface area (Å²) in [6, 6.07) is 21.9. The van der Waals surface area contributed by atoms with E-state index in [0.717, 1.165) is 46.9 Å². The summed E-state index contributed by atoms with van der Waals surface area (Å²) in [7, 11) is 0. The fourth-order valence-corrected chi connectivity index (χ4v) is 6.76. The minimum absolute atomic E-state index is 0.177. The number of nitrogens with zero attached hydrogens (tertiary/aromatic N) is 2. The van der Waals surface area contributed by atoms with E-state index in [9.17, 15) is 10.4 Å². The number of hydrogen-bond acceptors (Lipinski definition) is 5. The van der Waals surface area contributed by atoms with Gasteiger partial charge in [0, 0.05) is 17.7 Å². The first-order valence-electron chi connectivity index (χ1n) is 14.0. The predicted octanol–water partition coefficient (Wildman–Crippen LogP) is 6.86. The monoisotopic (exact) mass is 522 g/mol. The molecule has 4 aliphatic rings. The van der Waals surface area contributed by atoms with Crippen molar-refractivity contribution in [3.05, 3.63) is 88.7 Å². The van der Waals surface area contributed by atoms with E-state index in [1.54, 1.807) is 12.1 Å². The number of hydrogen-bond donors (Lipinski definition) is 1. The Morgan fingerprint density at radius 3 is 2.64 bits per heavy atom. The van der Waals surface area contributed by atoms with Gasteiger partial charge >= 0.3 is 0 Å². The number of allylic oxidation sites excluding steroid dienone is 1. The van der Waals surface area contributed by atoms with E-state index in [2.05, 4.69) is 11.0 Å². The molecule has 0 aromatic heterocycles. The quantitative estimate of drug-likeness (QED) is 0.383. The van der Waals surface area contributed by atoms with Gasteiger partial charge in [0.2, 0.25) is 0 Å². The Morgan fingerprint density at radius 2 is 1.85 bits per heavy atom. The average molecular weight is 523 g/mol. The maximum Gasteiger partial charge on any atom is 0.176 e. The summed E-state index contributed by atoms with van der Waals surface area (Å²) < 4.78 is 28.1. The molecule has 39 heavy (non-hydrogen) atoms. The summed E-state index contributed by atoms with van der Waals surface area (Å²) in [4.78, 5) is 2.62. The van der Waals surface area contributed by atoms with Gasteiger partial charge in [0.15, 0.2) is 11.6 Å². The SMILES string of the molecule is N#Cc1cccc(C2=C(C3CC3)c3c(ccc(O)c3F)OC2c2ccc(OC[C@@H]3CCC4CCCN43)cc2)c1. The highest BCUT2D eigenvalue weighted by Gasteiger charge is 2.41. The van der Waals surface area contributed by atoms with Crippen LogP contribution in [0.25, 0.3) is 11.1 Å². The first-order chi connectivity index (χ1) is 19.1. The molecule has 1 N–H and O–H groups in total. The molecule has 198 valence electrons. The largest absolute Gasteiger partial charge is 0.505 e. The fourth-order valence-electron chi connectivity index (χ4n) is 6.76. The third-order valence-electron chi connectivity index (χ3n) is 8.79. The molecule has 0 bridgehead atoms. The number of ether oxygens (including phenoxy) is 2. The van der Waals surface area contributed by atoms with E-state index in [1.807, 2.05) is 42.5 Å². The molecule has 3 aromatic rings. The van der Waals surface area contributed by atoms with Crippen molar-refractivity contribution in [1.82, 2.24) is 4.90 Å². The summed E-state index contributed by atoms with van der Waals surface area (Å²) in [5.41, 5.74) is 4.35. The van der Waals surface area contributed by atoms with Gasteiger partial charge in [-0.15, -0.1) is 0 Å². The smallest absolute Gasteiger partial charge is 0.176 e. The average Bonchev–Trinajstić information content (AvgIpc) is 3.58. The van der Waals surface area contributed by atoms with Crippen LogP contribution >= 0.6 is 0 Å². The van der Waals surface area contributed by atoms with Crippen molar-refractivity contribution in [2.24, 2.45) is 5.92 Å². The molecule has 5 nitrogen and oxygen atoms in total. The highest BCUT2D eigenvalue weighted by molar-refractivity contribution is 5.98. The molecule has 3 aromatic carbocycles. The maximum atomic E-state index is 15.4. The van der Waals surface area contributed by atoms with Crippen LogP contribution in [0.15, 0.2) is 60.7 Å². The zero-order chi connectivity index (χ0) is 26.5. The van der Waals surface area contributed by atoms with E-state index in [4.69, 9.17) is 9.47 Å². The van der Waals surface area contributed by atoms with Crippen LogP contribution < -0.4 is 9.47 Å². The van der Waals surface area contributed by atoms with Crippen LogP contribution in [0.2, 0.25) is 0 Å². The molecular weight excluding hydrogens is 491 g/mol. The molecule has 7 rings (SSSR count). The Balaban J connectivity index is 1.24. The van der Waals surface area contributed by atoms with Crippen LogP contribution in [0.4, 0.5) is 4.39 Å². The van der Waals surface area contributed by atoms with Gasteiger partial charge in [-0.3, -0.25) is 4.90 Å². The Kier molecular flexibility index (Phi) is 6.05. The van der Waals surface area contributed by atoms with E-state index in [-0.39, 0.29) is 11.7 Å². The lowest BCUT2D eigenvalue weighted by molar-refractivity contribution is 0.169. The molecule has 0 radical (unpaired) electrons. The van der Waals surface area contributed by atoms with Gasteiger partial charge < -0.3 is 14.6 Å². The van der Waals surface area contributed by atoms with Gasteiger partial charge in [-0.25, -0.2) is 4.39 Å². The number of fused-ring (bicyclic) bond motifs is 2. The first kappa shape index (κ1) is 24.2. The lowest BCUT2D eigenvalue weighted by Crippen LogP contribution is -2.35. The number of benzene rings is 3. The van der Waals surface area contributed by atoms with Crippen LogP contribution in [0.3, 0.4) is 0 Å². The molecule has 0 spiro atoms. The number of rotatable bonds is 6. The molecular formula is C33H31FN2O3. The fraction of sp³-hybridized carbons (Fsp3) is 0.364. The van der Waals surface area contributed by atoms with Gasteiger partial charge in [0.1, 0.15) is 24.2 Å². The second kappa shape index (κ2) is 9.73. The van der Waals surface area contributed by atoms with Crippen molar-refractivity contribution in [2.45, 2.75) is 56.7 Å². The molecule has 3 aliphatic heterocycles. The van der Waals surface area contributed by atoms with Crippen molar-refractivity contribution in [1.29, 1.82) is 5.26 Å². The summed E-state index contributed by atoms with van der Waals surface area (Å²) in [6.07, 6.45) is 6.49. The van der Waals surface area contributed by atoms with Gasteiger partial charge in [0.25, 0.3) is 0 Å². The first-order valence-corrected chi connectivity index (χ1v) is 14.0. The van der Waals surface area contributed by atoms with Gasteiger partial charge in [-0.05, 0) is 104 Å². The lowest BCUT2D eigenvalue weighted by atomic mass is 9.82. The summed E-state index contributed by atoms with van der Waals surface area (Å²) in [6.45, 7) is 1.88. The number of phenols is 1. The molecule has 3 atom stereocenters. The highest BCUT2D eigenvalue weighted by Crippen LogP contribution is 2.56. The normalized spacial score (nSPS) is 24.2. The molecule has 1 saturated carbocycles. The van der Waals surface area contributed by atoms with E-state index < -0.39 is 11.9 Å². The summed E-state index contributed by atoms with van der Waals surface area (Å²) in [5.74, 6) is 0.392. The Bertz CT molecular complexity index is 1490. The Labute approximate surface area is 228 Å². The van der Waals surface area contributed by atoms with Crippen LogP contribution in [0.1, 0.15) is 66.9 Å². The Hall–Kier alpha value is -3.82. The number of nitriles is 1. The van der Waals surface area contributed by atoms with Crippen molar-refractivity contribution in [2.75, 3.05) is 13.2 Å². The van der Waals surface area contributed by atoms with Crippen molar-refractivity contribution in [3.8, 4) is 23.3 Å². The van der Waals surface area contributed by atoms with Crippen molar-refractivity contribution < 1.29 is 19.0 Å². The van der Waals surface area contributed by atoms with E-state index >= 15 is 4.39 Å². The molecule has 3 heterocycles. The standard InChI is InChI=1S/C33H31FN2O3/c34-32-27(37)14-15-28-31(32)29(21-6-7-21)30(23-4-1-3-20(17-23)18-35)33(39-28)22-8-12-26(13-9-22)38-19-25-11-10-24-5-2-16-36(24)25/h1,3-4,8-9,12-15,17,21,24-25,33,37H,2,5-7,10-11,16,19H2/t24?,25-,33?/m0/s1. The third kappa shape index (κ3) is 4.35. The van der Waals surface area contributed by atoms with Crippen LogP contribution in [0.5, 0.6) is 17.2 Å². The third-order valence-corrected chi connectivity index (χ3v) is 8.79. The van der Waals surface area contributed by atoms with Crippen molar-refractivity contribution in [3.63, 3.8) is 0 Å². The minimum atomic E-state index is -0.655. The number of phenolic OH excluding ortho intramolecular Hbond substituents is 1. The highest BCUT2D eigenvalue weighted by atomic mass is 19.1. The minimum Gasteiger partial charge on any atom is -0.505 e. The number of aromatic hydroxyl groups is 1. The van der Waals surface area contributed by atoms with Gasteiger partial charge in [-0.1, -0.05) is 24.3 Å². The lowest BCUT2D eigenvalue weighted by Gasteiger charge is -2.33. The van der Waals surface area contributed by atoms with Gasteiger partial charge in [-0.2, -0.15) is 5.26 Å².